The summed E-state index contributed by atoms with van der Waals surface area (Å²) < 4.78 is 0. The molecule has 0 heterocycles. The molecule has 0 amide bonds. The summed E-state index contributed by atoms with van der Waals surface area (Å²) in [6.07, 6.45) is 0. The topological polar surface area (TPSA) is 6.48 Å². The molecule has 0 saturated heterocycles. The van der Waals surface area contributed by atoms with Gasteiger partial charge in [0.2, 0.25) is 0 Å². The van der Waals surface area contributed by atoms with E-state index in [0.29, 0.717) is 0 Å². The molecular weight excluding hydrogens is 1280 g/mol. The van der Waals surface area contributed by atoms with Crippen molar-refractivity contribution in [1.29, 1.82) is 0 Å². The third-order valence-corrected chi connectivity index (χ3v) is 21.8. The summed E-state index contributed by atoms with van der Waals surface area (Å²) in [5, 5.41) is 20.0. The first kappa shape index (κ1) is 61.9. The quantitative estimate of drug-likeness (QED) is 0.106. The molecular formula is C104H68N2. The smallest absolute Gasteiger partial charge is 0.0540 e. The third kappa shape index (κ3) is 11.2. The van der Waals surface area contributed by atoms with Gasteiger partial charge in [0.15, 0.2) is 0 Å². The number of rotatable bonds is 13. The number of para-hydroxylation sites is 3. The highest BCUT2D eigenvalue weighted by atomic mass is 15.1. The van der Waals surface area contributed by atoms with E-state index in [-0.39, 0.29) is 0 Å². The predicted octanol–water partition coefficient (Wildman–Crippen LogP) is 29.5. The Bertz CT molecular complexity index is 6790. The molecule has 0 saturated carbocycles. The molecule has 494 valence electrons. The second-order valence-electron chi connectivity index (χ2n) is 27.9. The molecule has 106 heavy (non-hydrogen) atoms. The fourth-order valence-corrected chi connectivity index (χ4v) is 16.5. The molecule has 0 aromatic heterocycles. The van der Waals surface area contributed by atoms with Crippen molar-refractivity contribution < 1.29 is 0 Å². The van der Waals surface area contributed by atoms with Gasteiger partial charge >= 0.3 is 0 Å². The second kappa shape index (κ2) is 26.2. The van der Waals surface area contributed by atoms with Crippen LogP contribution in [0, 0.1) is 0 Å². The minimum atomic E-state index is 1.09. The number of hydrogen-bond donors (Lipinski definition) is 0. The Morgan fingerprint density at radius 1 is 0.123 bits per heavy atom. The van der Waals surface area contributed by atoms with E-state index >= 15 is 0 Å². The van der Waals surface area contributed by atoms with E-state index < -0.39 is 0 Å². The molecule has 0 aliphatic rings. The maximum atomic E-state index is 2.41. The Hall–Kier alpha value is -13.9. The largest absolute Gasteiger partial charge is 0.310 e. The number of hydrogen-bond acceptors (Lipinski definition) is 2. The third-order valence-electron chi connectivity index (χ3n) is 21.8. The molecule has 0 atom stereocenters. The van der Waals surface area contributed by atoms with Gasteiger partial charge in [-0.05, 0) is 256 Å². The monoisotopic (exact) mass is 1340 g/mol. The number of benzene rings is 20. The van der Waals surface area contributed by atoms with Gasteiger partial charge in [-0.3, -0.25) is 0 Å². The maximum Gasteiger partial charge on any atom is 0.0540 e. The van der Waals surface area contributed by atoms with Crippen LogP contribution in [0.2, 0.25) is 0 Å². The number of fused-ring (bicyclic) bond motifs is 12. The summed E-state index contributed by atoms with van der Waals surface area (Å²) in [5.41, 5.74) is 23.2. The standard InChI is InChI=1S/C104H68N2/c1-3-24-86(25-4-1)105(88-56-47-73(48-57-88)92-32-15-19-71-17-7-9-29-91(71)92)90-28-14-22-80(65-90)78-20-13-21-79(63-78)83-43-40-76-51-62-100-99(102(76)67-83)61-52-77-41-44-85(68-103(77)100)94-33-16-23-84-64-81(53-58-95(84)94)70-45-54-89(55-46-70)106(87-26-5-2-6-27-87)104-34-12-11-31-96(104)74-37-35-69(36-38-74)82-42-39-75-50-59-97-93-30-10-8-18-72(93)49-60-98(97)101(75)66-82/h1-68H. The van der Waals surface area contributed by atoms with Crippen LogP contribution in [0.25, 0.3) is 164 Å². The SMILES string of the molecule is c1ccc(N(c2ccc(-c3cccc4ccccc34)cc2)c2cccc(-c3cccc(-c4ccc5ccc6c7cc(-c8cccc9cc(-c%10ccc(N(c%11ccccc%11)c%11ccccc%11-c%11ccc(-c%12ccc%13ccc%14c%15ccccc%15ccc%14c%13c%12)cc%11)cc%10)ccc89)ccc7ccc6c5c4)c3)c2)cc1. The Balaban J connectivity index is 0.576. The van der Waals surface area contributed by atoms with Crippen LogP contribution < -0.4 is 9.80 Å². The lowest BCUT2D eigenvalue weighted by molar-refractivity contribution is 1.28. The Labute approximate surface area is 616 Å². The summed E-state index contributed by atoms with van der Waals surface area (Å²) in [6, 6.07) is 152. The van der Waals surface area contributed by atoms with Crippen molar-refractivity contribution in [3.8, 4) is 77.9 Å². The molecule has 0 N–H and O–H groups in total. The molecule has 0 radical (unpaired) electrons. The van der Waals surface area contributed by atoms with Crippen LogP contribution in [-0.2, 0) is 0 Å². The van der Waals surface area contributed by atoms with Crippen molar-refractivity contribution in [2.24, 2.45) is 0 Å². The Morgan fingerprint density at radius 2 is 0.443 bits per heavy atom. The molecule has 2 nitrogen and oxygen atoms in total. The highest BCUT2D eigenvalue weighted by Gasteiger charge is 2.20. The average Bonchev–Trinajstić information content (AvgIpc) is 0.738. The van der Waals surface area contributed by atoms with Crippen molar-refractivity contribution in [1.82, 2.24) is 0 Å². The summed E-state index contributed by atoms with van der Waals surface area (Å²) >= 11 is 0. The molecule has 20 aromatic rings. The molecule has 0 bridgehead atoms. The average molecular weight is 1350 g/mol. The van der Waals surface area contributed by atoms with Crippen molar-refractivity contribution in [3.63, 3.8) is 0 Å². The van der Waals surface area contributed by atoms with Crippen LogP contribution in [0.1, 0.15) is 0 Å². The van der Waals surface area contributed by atoms with Crippen LogP contribution in [0.3, 0.4) is 0 Å². The first-order valence-corrected chi connectivity index (χ1v) is 36.6. The van der Waals surface area contributed by atoms with Crippen molar-refractivity contribution in [2.75, 3.05) is 9.80 Å². The van der Waals surface area contributed by atoms with Crippen LogP contribution in [0.4, 0.5) is 34.1 Å². The zero-order valence-corrected chi connectivity index (χ0v) is 58.2. The first-order valence-electron chi connectivity index (χ1n) is 36.6. The van der Waals surface area contributed by atoms with Crippen LogP contribution in [0.5, 0.6) is 0 Å². The van der Waals surface area contributed by atoms with Gasteiger partial charge in [0.1, 0.15) is 0 Å². The maximum absolute atomic E-state index is 2.41. The van der Waals surface area contributed by atoms with Gasteiger partial charge in [0.05, 0.1) is 5.69 Å². The summed E-state index contributed by atoms with van der Waals surface area (Å²) in [6.45, 7) is 0. The van der Waals surface area contributed by atoms with Crippen LogP contribution in [0.15, 0.2) is 413 Å². The Kier molecular flexibility index (Phi) is 15.3. The van der Waals surface area contributed by atoms with E-state index in [0.717, 1.165) is 56.4 Å². The molecule has 0 fully saturated rings. The van der Waals surface area contributed by atoms with Gasteiger partial charge < -0.3 is 9.80 Å². The van der Waals surface area contributed by atoms with Crippen LogP contribution >= 0.6 is 0 Å². The molecule has 0 spiro atoms. The highest BCUT2D eigenvalue weighted by molar-refractivity contribution is 6.20. The lowest BCUT2D eigenvalue weighted by atomic mass is 9.91. The zero-order valence-electron chi connectivity index (χ0n) is 58.2. The molecule has 20 rings (SSSR count). The molecule has 2 heteroatoms. The minimum absolute atomic E-state index is 1.09. The summed E-state index contributed by atoms with van der Waals surface area (Å²) in [7, 11) is 0. The molecule has 20 aromatic carbocycles. The van der Waals surface area contributed by atoms with E-state index in [1.165, 1.54) is 142 Å². The van der Waals surface area contributed by atoms with Gasteiger partial charge in [0.25, 0.3) is 0 Å². The summed E-state index contributed by atoms with van der Waals surface area (Å²) in [5.74, 6) is 0. The lowest BCUT2D eigenvalue weighted by Gasteiger charge is -2.28. The minimum Gasteiger partial charge on any atom is -0.310 e. The number of nitrogens with zero attached hydrogens (tertiary/aromatic N) is 2. The first-order chi connectivity index (χ1) is 52.5. The van der Waals surface area contributed by atoms with E-state index in [9.17, 15) is 0 Å². The van der Waals surface area contributed by atoms with Crippen LogP contribution in [-0.4, -0.2) is 0 Å². The van der Waals surface area contributed by atoms with Crippen molar-refractivity contribution in [3.05, 3.63) is 413 Å². The fourth-order valence-electron chi connectivity index (χ4n) is 16.5. The predicted molar refractivity (Wildman–Crippen MR) is 454 cm³/mol. The zero-order chi connectivity index (χ0) is 70.0. The lowest BCUT2D eigenvalue weighted by Crippen LogP contribution is -2.11. The van der Waals surface area contributed by atoms with E-state index in [2.05, 4.69) is 422 Å². The molecule has 0 aliphatic carbocycles. The Morgan fingerprint density at radius 3 is 1.08 bits per heavy atom. The van der Waals surface area contributed by atoms with Crippen molar-refractivity contribution >= 4 is 120 Å². The van der Waals surface area contributed by atoms with Gasteiger partial charge in [-0.2, -0.15) is 0 Å². The van der Waals surface area contributed by atoms with E-state index in [4.69, 9.17) is 0 Å². The van der Waals surface area contributed by atoms with Crippen molar-refractivity contribution in [2.45, 2.75) is 0 Å². The van der Waals surface area contributed by atoms with Gasteiger partial charge in [0, 0.05) is 34.0 Å². The van der Waals surface area contributed by atoms with E-state index in [1.807, 2.05) is 0 Å². The summed E-state index contributed by atoms with van der Waals surface area (Å²) in [4.78, 5) is 4.75. The van der Waals surface area contributed by atoms with Gasteiger partial charge in [-0.1, -0.05) is 315 Å². The van der Waals surface area contributed by atoms with E-state index in [1.54, 1.807) is 0 Å². The highest BCUT2D eigenvalue weighted by Crippen LogP contribution is 2.46. The fraction of sp³-hybridized carbons (Fsp3) is 0. The van der Waals surface area contributed by atoms with Gasteiger partial charge in [-0.25, -0.2) is 0 Å². The molecule has 0 unspecified atom stereocenters. The normalized spacial score (nSPS) is 11.6. The van der Waals surface area contributed by atoms with Gasteiger partial charge in [-0.15, -0.1) is 0 Å². The second-order valence-corrected chi connectivity index (χ2v) is 27.9. The number of anilines is 6. The molecule has 0 aliphatic heterocycles.